The minimum atomic E-state index is 1.15. The van der Waals surface area contributed by atoms with Gasteiger partial charge in [0.15, 0.2) is 0 Å². The van der Waals surface area contributed by atoms with Crippen LogP contribution in [-0.4, -0.2) is 16.9 Å². The molecular formula is C10H13As. The summed E-state index contributed by atoms with van der Waals surface area (Å²) < 4.78 is 1.37. The summed E-state index contributed by atoms with van der Waals surface area (Å²) in [7, 11) is 0. The van der Waals surface area contributed by atoms with Gasteiger partial charge in [0.25, 0.3) is 0 Å². The van der Waals surface area contributed by atoms with Gasteiger partial charge in [-0.1, -0.05) is 0 Å². The fraction of sp³-hybridized carbons (Fsp3) is 0.400. The molecule has 0 atom stereocenters. The molecule has 0 N–H and O–H groups in total. The van der Waals surface area contributed by atoms with Crippen LogP contribution in [-0.2, 0) is 12.8 Å². The average Bonchev–Trinajstić information content (AvgIpc) is 2.04. The SMILES string of the molecule is CCc1cccc([As])c1CC. The zero-order valence-corrected chi connectivity index (χ0v) is 8.97. The van der Waals surface area contributed by atoms with E-state index in [0.29, 0.717) is 0 Å². The van der Waals surface area contributed by atoms with Crippen LogP contribution in [0.5, 0.6) is 0 Å². The van der Waals surface area contributed by atoms with E-state index < -0.39 is 0 Å². The second-order valence-electron chi connectivity index (χ2n) is 2.62. The zero-order chi connectivity index (χ0) is 8.27. The van der Waals surface area contributed by atoms with E-state index >= 15 is 0 Å². The molecule has 0 unspecified atom stereocenters. The number of rotatable bonds is 2. The van der Waals surface area contributed by atoms with Crippen LogP contribution in [0.15, 0.2) is 18.2 Å². The fourth-order valence-electron chi connectivity index (χ4n) is 1.36. The fourth-order valence-corrected chi connectivity index (χ4v) is 2.17. The predicted molar refractivity (Wildman–Crippen MR) is 50.6 cm³/mol. The average molecular weight is 208 g/mol. The number of benzene rings is 1. The molecular weight excluding hydrogens is 195 g/mol. The Morgan fingerprint density at radius 1 is 1.18 bits per heavy atom. The van der Waals surface area contributed by atoms with Gasteiger partial charge in [-0.15, -0.1) is 0 Å². The molecule has 1 aromatic carbocycles. The molecule has 0 fully saturated rings. The van der Waals surface area contributed by atoms with E-state index in [1.54, 1.807) is 0 Å². The van der Waals surface area contributed by atoms with Gasteiger partial charge < -0.3 is 0 Å². The molecule has 1 aromatic rings. The van der Waals surface area contributed by atoms with Crippen LogP contribution in [0.1, 0.15) is 25.0 Å². The van der Waals surface area contributed by atoms with E-state index in [0.717, 1.165) is 12.8 Å². The Hall–Kier alpha value is -0.222. The summed E-state index contributed by atoms with van der Waals surface area (Å²) in [6.45, 7) is 4.42. The van der Waals surface area contributed by atoms with Crippen molar-refractivity contribution in [2.24, 2.45) is 0 Å². The molecule has 0 nitrogen and oxygen atoms in total. The third-order valence-electron chi connectivity index (χ3n) is 1.98. The van der Waals surface area contributed by atoms with Gasteiger partial charge in [-0.2, -0.15) is 0 Å². The predicted octanol–water partition coefficient (Wildman–Crippen LogP) is 1.61. The van der Waals surface area contributed by atoms with Crippen LogP contribution in [0.25, 0.3) is 0 Å². The standard InChI is InChI=1S/C10H13As/c1-3-8-6-5-7-10(11)9(8)4-2/h5-7H,3-4H2,1-2H3. The molecule has 11 heavy (non-hydrogen) atoms. The van der Waals surface area contributed by atoms with E-state index in [2.05, 4.69) is 48.9 Å². The van der Waals surface area contributed by atoms with Crippen molar-refractivity contribution in [1.82, 2.24) is 0 Å². The van der Waals surface area contributed by atoms with Crippen LogP contribution >= 0.6 is 0 Å². The second kappa shape index (κ2) is 3.97. The third-order valence-corrected chi connectivity index (χ3v) is 2.86. The Labute approximate surface area is 77.5 Å². The molecule has 58 valence electrons. The Bertz CT molecular complexity index is 241. The summed E-state index contributed by atoms with van der Waals surface area (Å²) in [5.41, 5.74) is 3.00. The number of aryl methyl sites for hydroxylation is 1. The molecule has 0 aliphatic heterocycles. The Kier molecular flexibility index (Phi) is 3.20. The maximum atomic E-state index is 2.64. The quantitative estimate of drug-likeness (QED) is 0.647. The van der Waals surface area contributed by atoms with Crippen LogP contribution < -0.4 is 4.35 Å². The van der Waals surface area contributed by atoms with E-state index in [4.69, 9.17) is 0 Å². The topological polar surface area (TPSA) is 0 Å². The summed E-state index contributed by atoms with van der Waals surface area (Å²) >= 11 is 2.64. The molecule has 0 aliphatic rings. The van der Waals surface area contributed by atoms with Gasteiger partial charge in [-0.25, -0.2) is 0 Å². The molecule has 0 spiro atoms. The first-order valence-electron chi connectivity index (χ1n) is 4.09. The van der Waals surface area contributed by atoms with Crippen LogP contribution in [0.3, 0.4) is 0 Å². The van der Waals surface area contributed by atoms with Crippen molar-refractivity contribution in [1.29, 1.82) is 0 Å². The summed E-state index contributed by atoms with van der Waals surface area (Å²) in [5.74, 6) is 0. The summed E-state index contributed by atoms with van der Waals surface area (Å²) in [6.07, 6.45) is 2.29. The van der Waals surface area contributed by atoms with Gasteiger partial charge in [-0.3, -0.25) is 0 Å². The molecule has 0 heterocycles. The molecule has 0 saturated carbocycles. The second-order valence-corrected chi connectivity index (χ2v) is 3.63. The van der Waals surface area contributed by atoms with Gasteiger partial charge >= 0.3 is 77.2 Å². The third kappa shape index (κ3) is 1.87. The molecule has 2 radical (unpaired) electrons. The molecule has 0 saturated heterocycles. The van der Waals surface area contributed by atoms with Crippen LogP contribution in [0.4, 0.5) is 0 Å². The van der Waals surface area contributed by atoms with Gasteiger partial charge in [0.05, 0.1) is 0 Å². The Morgan fingerprint density at radius 3 is 2.36 bits per heavy atom. The first kappa shape index (κ1) is 8.87. The van der Waals surface area contributed by atoms with Crippen molar-refractivity contribution in [2.75, 3.05) is 0 Å². The molecule has 0 aromatic heterocycles. The van der Waals surface area contributed by atoms with Crippen LogP contribution in [0.2, 0.25) is 0 Å². The van der Waals surface area contributed by atoms with Crippen LogP contribution in [0, 0.1) is 0 Å². The van der Waals surface area contributed by atoms with Gasteiger partial charge in [0, 0.05) is 0 Å². The summed E-state index contributed by atoms with van der Waals surface area (Å²) in [4.78, 5) is 0. The maximum absolute atomic E-state index is 2.64. The minimum absolute atomic E-state index is 1.15. The van der Waals surface area contributed by atoms with E-state index in [1.165, 1.54) is 15.5 Å². The molecule has 0 bridgehead atoms. The van der Waals surface area contributed by atoms with Crippen molar-refractivity contribution in [3.63, 3.8) is 0 Å². The first-order valence-corrected chi connectivity index (χ1v) is 5.03. The van der Waals surface area contributed by atoms with Gasteiger partial charge in [-0.05, 0) is 0 Å². The summed E-state index contributed by atoms with van der Waals surface area (Å²) in [5, 5.41) is 0. The van der Waals surface area contributed by atoms with E-state index in [1.807, 2.05) is 0 Å². The van der Waals surface area contributed by atoms with E-state index in [-0.39, 0.29) is 0 Å². The normalized spacial score (nSPS) is 10.1. The van der Waals surface area contributed by atoms with Crippen molar-refractivity contribution >= 4 is 21.2 Å². The summed E-state index contributed by atoms with van der Waals surface area (Å²) in [6, 6.07) is 6.51. The van der Waals surface area contributed by atoms with Crippen molar-refractivity contribution in [3.05, 3.63) is 29.3 Å². The number of hydrogen-bond donors (Lipinski definition) is 0. The molecule has 1 heteroatoms. The Morgan fingerprint density at radius 2 is 1.91 bits per heavy atom. The van der Waals surface area contributed by atoms with Gasteiger partial charge in [0.1, 0.15) is 0 Å². The monoisotopic (exact) mass is 208 g/mol. The molecule has 1 rings (SSSR count). The molecule has 0 aliphatic carbocycles. The number of hydrogen-bond acceptors (Lipinski definition) is 0. The van der Waals surface area contributed by atoms with Gasteiger partial charge in [0.2, 0.25) is 0 Å². The first-order chi connectivity index (χ1) is 5.29. The molecule has 0 amide bonds. The zero-order valence-electron chi connectivity index (χ0n) is 7.09. The van der Waals surface area contributed by atoms with Crippen molar-refractivity contribution < 1.29 is 0 Å². The van der Waals surface area contributed by atoms with Crippen molar-refractivity contribution in [2.45, 2.75) is 26.7 Å². The van der Waals surface area contributed by atoms with Crippen molar-refractivity contribution in [3.8, 4) is 0 Å². The Balaban J connectivity index is 3.13. The van der Waals surface area contributed by atoms with E-state index in [9.17, 15) is 0 Å².